The lowest BCUT2D eigenvalue weighted by Gasteiger charge is -2.35. The zero-order valence-corrected chi connectivity index (χ0v) is 19.4. The van der Waals surface area contributed by atoms with Crippen LogP contribution in [0.4, 0.5) is 10.5 Å². The maximum absolute atomic E-state index is 12.9. The topological polar surface area (TPSA) is 129 Å². The van der Waals surface area contributed by atoms with Gasteiger partial charge < -0.3 is 20.1 Å². The first-order valence-electron chi connectivity index (χ1n) is 11.5. The van der Waals surface area contributed by atoms with E-state index in [0.717, 1.165) is 5.56 Å². The van der Waals surface area contributed by atoms with Gasteiger partial charge in [0.15, 0.2) is 6.10 Å². The molecule has 2 saturated heterocycles. The van der Waals surface area contributed by atoms with E-state index in [9.17, 15) is 14.4 Å². The summed E-state index contributed by atoms with van der Waals surface area (Å²) in [4.78, 5) is 42.6. The van der Waals surface area contributed by atoms with Crippen LogP contribution in [-0.2, 0) is 25.7 Å². The van der Waals surface area contributed by atoms with E-state index < -0.39 is 12.2 Å². The molecular weight excluding hydrogens is 450 g/mol. The molecule has 2 aliphatic rings. The first-order valence-corrected chi connectivity index (χ1v) is 11.5. The summed E-state index contributed by atoms with van der Waals surface area (Å²) >= 11 is 0. The van der Waals surface area contributed by atoms with Gasteiger partial charge in [0, 0.05) is 44.0 Å². The number of nitrogens with zero attached hydrogens (tertiary/aromatic N) is 3. The van der Waals surface area contributed by atoms with Crippen LogP contribution in [0.2, 0.25) is 0 Å². The average molecular weight is 480 g/mol. The predicted octanol–water partition coefficient (Wildman–Crippen LogP) is 1.57. The van der Waals surface area contributed by atoms with Gasteiger partial charge in [-0.15, -0.1) is 0 Å². The Morgan fingerprint density at radius 3 is 2.37 bits per heavy atom. The summed E-state index contributed by atoms with van der Waals surface area (Å²) in [6, 6.07) is 16.2. The second kappa shape index (κ2) is 11.0. The Morgan fingerprint density at radius 1 is 1.03 bits per heavy atom. The Hall–Kier alpha value is -3.92. The number of nitrogen functional groups attached to an aromatic ring is 1. The fourth-order valence-corrected chi connectivity index (χ4v) is 4.08. The fourth-order valence-electron chi connectivity index (χ4n) is 4.08. The molecule has 0 spiro atoms. The summed E-state index contributed by atoms with van der Waals surface area (Å²) in [5.74, 6) is -0.526. The second-order valence-electron chi connectivity index (χ2n) is 8.51. The van der Waals surface area contributed by atoms with Crippen LogP contribution >= 0.6 is 0 Å². The molecule has 2 aliphatic heterocycles. The Kier molecular flexibility index (Phi) is 7.61. The van der Waals surface area contributed by atoms with Crippen molar-refractivity contribution in [2.75, 3.05) is 44.2 Å². The van der Waals surface area contributed by atoms with Crippen LogP contribution in [0.3, 0.4) is 0 Å². The molecule has 2 heterocycles. The van der Waals surface area contributed by atoms with E-state index in [4.69, 9.17) is 20.6 Å². The first kappa shape index (κ1) is 24.2. The molecule has 10 nitrogen and oxygen atoms in total. The van der Waals surface area contributed by atoms with E-state index in [1.54, 1.807) is 29.2 Å². The lowest BCUT2D eigenvalue weighted by atomic mass is 10.2. The molecule has 4 rings (SSSR count). The number of rotatable bonds is 8. The summed E-state index contributed by atoms with van der Waals surface area (Å²) in [6.07, 6.45) is -1.15. The molecule has 2 amide bonds. The van der Waals surface area contributed by atoms with Gasteiger partial charge in [-0.25, -0.2) is 4.79 Å². The van der Waals surface area contributed by atoms with Crippen molar-refractivity contribution in [1.29, 1.82) is 5.41 Å². The number of carbonyl (C=O) groups is 3. The van der Waals surface area contributed by atoms with Crippen LogP contribution in [0.25, 0.3) is 0 Å². The van der Waals surface area contributed by atoms with Crippen molar-refractivity contribution in [3.05, 3.63) is 65.7 Å². The number of anilines is 1. The highest BCUT2D eigenvalue weighted by atomic mass is 16.6. The molecule has 1 unspecified atom stereocenters. The van der Waals surface area contributed by atoms with Crippen molar-refractivity contribution in [3.8, 4) is 0 Å². The Balaban J connectivity index is 1.20. The van der Waals surface area contributed by atoms with Gasteiger partial charge in [-0.3, -0.25) is 24.8 Å². The minimum atomic E-state index is -0.866. The summed E-state index contributed by atoms with van der Waals surface area (Å²) in [5, 5.41) is 7.47. The molecule has 0 radical (unpaired) electrons. The van der Waals surface area contributed by atoms with E-state index >= 15 is 0 Å². The smallest absolute Gasteiger partial charge is 0.415 e. The predicted molar refractivity (Wildman–Crippen MR) is 129 cm³/mol. The highest BCUT2D eigenvalue weighted by molar-refractivity contribution is 5.97. The number of nitrogens with two attached hydrogens (primary N) is 1. The first-order chi connectivity index (χ1) is 16.9. The molecule has 10 heteroatoms. The number of hydrogen-bond acceptors (Lipinski definition) is 7. The van der Waals surface area contributed by atoms with E-state index in [1.807, 2.05) is 30.3 Å². The van der Waals surface area contributed by atoms with Gasteiger partial charge in [-0.2, -0.15) is 0 Å². The van der Waals surface area contributed by atoms with Crippen LogP contribution in [0.1, 0.15) is 17.5 Å². The number of carbonyl (C=O) groups excluding carboxylic acids is 3. The van der Waals surface area contributed by atoms with Gasteiger partial charge in [0.05, 0.1) is 13.0 Å². The molecule has 35 heavy (non-hydrogen) atoms. The third-order valence-electron chi connectivity index (χ3n) is 6.14. The maximum Gasteiger partial charge on any atom is 0.415 e. The summed E-state index contributed by atoms with van der Waals surface area (Å²) in [7, 11) is 0. The molecule has 0 saturated carbocycles. The van der Waals surface area contributed by atoms with Gasteiger partial charge in [0.2, 0.25) is 0 Å². The molecule has 184 valence electrons. The molecule has 0 aliphatic carbocycles. The molecule has 2 aromatic carbocycles. The van der Waals surface area contributed by atoms with E-state index in [1.165, 1.54) is 4.90 Å². The molecule has 2 fully saturated rings. The van der Waals surface area contributed by atoms with Crippen molar-refractivity contribution < 1.29 is 23.9 Å². The van der Waals surface area contributed by atoms with E-state index in [-0.39, 0.29) is 30.9 Å². The van der Waals surface area contributed by atoms with Gasteiger partial charge in [-0.1, -0.05) is 30.3 Å². The highest BCUT2D eigenvalue weighted by Crippen LogP contribution is 2.23. The van der Waals surface area contributed by atoms with Crippen molar-refractivity contribution in [1.82, 2.24) is 9.80 Å². The number of nitrogens with one attached hydrogen (secondary N) is 1. The number of hydrogen-bond donors (Lipinski definition) is 2. The van der Waals surface area contributed by atoms with Crippen molar-refractivity contribution >= 4 is 29.5 Å². The molecule has 0 bridgehead atoms. The summed E-state index contributed by atoms with van der Waals surface area (Å²) in [5.41, 5.74) is 7.56. The Morgan fingerprint density at radius 2 is 1.71 bits per heavy atom. The van der Waals surface area contributed by atoms with Gasteiger partial charge >= 0.3 is 12.1 Å². The quantitative estimate of drug-likeness (QED) is 0.334. The monoisotopic (exact) mass is 479 g/mol. The zero-order valence-electron chi connectivity index (χ0n) is 19.4. The summed E-state index contributed by atoms with van der Waals surface area (Å²) < 4.78 is 10.7. The number of cyclic esters (lactones) is 1. The van der Waals surface area contributed by atoms with Crippen LogP contribution in [0.5, 0.6) is 0 Å². The standard InChI is InChI=1S/C25H29N5O5/c26-23(27)19-6-8-20(9-7-19)30-16-21(35-25(30)33)24(32)29-14-12-28(13-15-29)11-10-22(31)34-17-18-4-2-1-3-5-18/h1-9,21H,10-17H2,(H3,26,27). The van der Waals surface area contributed by atoms with Gasteiger partial charge in [0.1, 0.15) is 12.4 Å². The highest BCUT2D eigenvalue weighted by Gasteiger charge is 2.39. The third kappa shape index (κ3) is 6.15. The minimum absolute atomic E-state index is 0.0585. The summed E-state index contributed by atoms with van der Waals surface area (Å²) in [6.45, 7) is 3.23. The number of piperazine rings is 1. The second-order valence-corrected chi connectivity index (χ2v) is 8.51. The molecular formula is C25H29N5O5. The van der Waals surface area contributed by atoms with Crippen molar-refractivity contribution in [3.63, 3.8) is 0 Å². The number of ether oxygens (including phenoxy) is 2. The molecule has 2 aromatic rings. The maximum atomic E-state index is 12.9. The molecule has 3 N–H and O–H groups in total. The van der Waals surface area contributed by atoms with Crippen LogP contribution in [0.15, 0.2) is 54.6 Å². The Bertz CT molecular complexity index is 1070. The van der Waals surface area contributed by atoms with Gasteiger partial charge in [0.25, 0.3) is 5.91 Å². The molecule has 1 atom stereocenters. The number of benzene rings is 2. The number of amidine groups is 1. The van der Waals surface area contributed by atoms with Crippen LogP contribution < -0.4 is 10.6 Å². The van der Waals surface area contributed by atoms with Crippen LogP contribution in [0, 0.1) is 5.41 Å². The largest absolute Gasteiger partial charge is 0.461 e. The van der Waals surface area contributed by atoms with Crippen molar-refractivity contribution in [2.24, 2.45) is 5.73 Å². The SMILES string of the molecule is N=C(N)c1ccc(N2CC(C(=O)N3CCN(CCC(=O)OCc4ccccc4)CC3)OC2=O)cc1. The normalized spacial score (nSPS) is 18.3. The number of amides is 2. The Labute approximate surface area is 203 Å². The molecule has 0 aromatic heterocycles. The fraction of sp³-hybridized carbons (Fsp3) is 0.360. The van der Waals surface area contributed by atoms with Crippen LogP contribution in [-0.4, -0.2) is 79.0 Å². The zero-order chi connectivity index (χ0) is 24.8. The minimum Gasteiger partial charge on any atom is -0.461 e. The number of esters is 1. The lowest BCUT2D eigenvalue weighted by molar-refractivity contribution is -0.146. The third-order valence-corrected chi connectivity index (χ3v) is 6.14. The van der Waals surface area contributed by atoms with E-state index in [0.29, 0.717) is 50.4 Å². The average Bonchev–Trinajstić information content (AvgIpc) is 3.28. The van der Waals surface area contributed by atoms with Crippen molar-refractivity contribution in [2.45, 2.75) is 19.1 Å². The lowest BCUT2D eigenvalue weighted by Crippen LogP contribution is -2.52. The van der Waals surface area contributed by atoms with Gasteiger partial charge in [-0.05, 0) is 29.8 Å². The van der Waals surface area contributed by atoms with E-state index in [2.05, 4.69) is 4.90 Å².